The first-order chi connectivity index (χ1) is 20.4. The summed E-state index contributed by atoms with van der Waals surface area (Å²) < 4.78 is 44.6. The van der Waals surface area contributed by atoms with Crippen LogP contribution >= 0.6 is 11.3 Å². The molecule has 1 fully saturated rings. The fourth-order valence-corrected chi connectivity index (χ4v) is 6.22. The van der Waals surface area contributed by atoms with Crippen LogP contribution in [0.25, 0.3) is 27.5 Å². The van der Waals surface area contributed by atoms with Crippen molar-refractivity contribution in [2.24, 2.45) is 5.92 Å². The third-order valence-corrected chi connectivity index (χ3v) is 8.83. The molecular formula is C32H31FN4O4S2. The molecule has 43 heavy (non-hydrogen) atoms. The van der Waals surface area contributed by atoms with Crippen molar-refractivity contribution in [2.75, 3.05) is 6.61 Å². The molecule has 1 aliphatic carbocycles. The molecule has 1 saturated carbocycles. The molecule has 1 unspecified atom stereocenters. The van der Waals surface area contributed by atoms with Crippen LogP contribution in [-0.2, 0) is 32.9 Å². The number of hydrogen-bond acceptors (Lipinski definition) is 8. The minimum atomic E-state index is -3.03. The van der Waals surface area contributed by atoms with Crippen molar-refractivity contribution in [3.05, 3.63) is 107 Å². The topological polar surface area (TPSA) is 132 Å². The summed E-state index contributed by atoms with van der Waals surface area (Å²) in [6.07, 6.45) is 3.31. The van der Waals surface area contributed by atoms with E-state index in [2.05, 4.69) is 23.2 Å². The lowest BCUT2D eigenvalue weighted by Crippen LogP contribution is -2.08. The van der Waals surface area contributed by atoms with Gasteiger partial charge in [0.1, 0.15) is 0 Å². The van der Waals surface area contributed by atoms with Crippen LogP contribution in [0.5, 0.6) is 0 Å². The molecular weight excluding hydrogens is 588 g/mol. The molecule has 0 spiro atoms. The zero-order valence-electron chi connectivity index (χ0n) is 23.5. The fraction of sp³-hybridized carbons (Fsp3) is 0.219. The smallest absolute Gasteiger partial charge is 0.357 e. The molecule has 0 saturated heterocycles. The Morgan fingerprint density at radius 3 is 2.51 bits per heavy atom. The maximum absolute atomic E-state index is 14.7. The van der Waals surface area contributed by atoms with Gasteiger partial charge < -0.3 is 15.4 Å². The summed E-state index contributed by atoms with van der Waals surface area (Å²) in [6.45, 7) is 2.00. The molecule has 0 radical (unpaired) electrons. The van der Waals surface area contributed by atoms with Crippen molar-refractivity contribution < 1.29 is 22.7 Å². The number of ether oxygens (including phenoxy) is 1. The molecule has 0 bridgehead atoms. The highest BCUT2D eigenvalue weighted by molar-refractivity contribution is 7.79. The van der Waals surface area contributed by atoms with Gasteiger partial charge in [-0.15, -0.1) is 15.5 Å². The van der Waals surface area contributed by atoms with Gasteiger partial charge >= 0.3 is 5.97 Å². The number of benzene rings is 3. The van der Waals surface area contributed by atoms with Crippen LogP contribution in [0.1, 0.15) is 47.1 Å². The molecule has 3 N–H and O–H groups in total. The van der Waals surface area contributed by atoms with Gasteiger partial charge in [0.25, 0.3) is 0 Å². The zero-order chi connectivity index (χ0) is 29.2. The average Bonchev–Trinajstić information content (AvgIpc) is 3.56. The number of halogens is 1. The second-order valence-corrected chi connectivity index (χ2v) is 12.1. The van der Waals surface area contributed by atoms with Gasteiger partial charge in [-0.3, -0.25) is 0 Å². The van der Waals surface area contributed by atoms with Crippen LogP contribution in [0.15, 0.2) is 83.1 Å². The molecule has 2 aromatic heterocycles. The first kappa shape index (κ1) is 30.4. The van der Waals surface area contributed by atoms with E-state index in [0.29, 0.717) is 23.0 Å². The largest absolute Gasteiger partial charge is 0.612 e. The van der Waals surface area contributed by atoms with E-state index in [1.54, 1.807) is 18.4 Å². The van der Waals surface area contributed by atoms with Gasteiger partial charge in [-0.2, -0.15) is 5.10 Å². The van der Waals surface area contributed by atoms with Crippen molar-refractivity contribution in [2.45, 2.75) is 37.5 Å². The van der Waals surface area contributed by atoms with Gasteiger partial charge in [0.15, 0.2) is 16.4 Å². The van der Waals surface area contributed by atoms with Crippen molar-refractivity contribution in [1.82, 2.24) is 20.9 Å². The molecule has 3 aromatic carbocycles. The van der Waals surface area contributed by atoms with E-state index >= 15 is 0 Å². The predicted octanol–water partition coefficient (Wildman–Crippen LogP) is 6.87. The quantitative estimate of drug-likeness (QED) is 0.103. The monoisotopic (exact) mass is 618 g/mol. The Bertz CT molecular complexity index is 1780. The molecule has 1 aliphatic rings. The molecule has 222 valence electrons. The van der Waals surface area contributed by atoms with Crippen LogP contribution < -0.4 is 6.15 Å². The average molecular weight is 619 g/mol. The van der Waals surface area contributed by atoms with Crippen LogP contribution in [0, 0.1) is 11.7 Å². The molecule has 5 aromatic rings. The highest BCUT2D eigenvalue weighted by Crippen LogP contribution is 2.39. The summed E-state index contributed by atoms with van der Waals surface area (Å²) in [6, 6.07) is 22.4. The lowest BCUT2D eigenvalue weighted by Gasteiger charge is -2.10. The first-order valence-corrected chi connectivity index (χ1v) is 15.8. The fourth-order valence-electron chi connectivity index (χ4n) is 5.02. The van der Waals surface area contributed by atoms with Crippen molar-refractivity contribution >= 4 is 28.4 Å². The van der Waals surface area contributed by atoms with Gasteiger partial charge in [-0.25, -0.2) is 18.9 Å². The number of carbonyl (C=O) groups excluding carboxylic acids is 1. The lowest BCUT2D eigenvalue weighted by molar-refractivity contribution is 0.0520. The Hall–Kier alpha value is -4.03. The zero-order valence-corrected chi connectivity index (χ0v) is 25.2. The maximum atomic E-state index is 14.7. The van der Waals surface area contributed by atoms with Gasteiger partial charge in [-0.1, -0.05) is 54.6 Å². The summed E-state index contributed by atoms with van der Waals surface area (Å²) >= 11 is -1.72. The van der Waals surface area contributed by atoms with Crippen LogP contribution in [0.2, 0.25) is 0 Å². The number of carbonyl (C=O) groups is 1. The molecule has 1 atom stereocenters. The van der Waals surface area contributed by atoms with E-state index in [9.17, 15) is 17.9 Å². The third-order valence-electron chi connectivity index (χ3n) is 7.26. The van der Waals surface area contributed by atoms with Crippen LogP contribution in [0.3, 0.4) is 0 Å². The maximum Gasteiger partial charge on any atom is 0.357 e. The summed E-state index contributed by atoms with van der Waals surface area (Å²) in [5.41, 5.74) is 6.45. The number of hydrogen-bond donors (Lipinski definition) is 1. The molecule has 2 heterocycles. The number of nitrogens with zero attached hydrogens (tertiary/aromatic N) is 3. The number of rotatable bonds is 10. The molecule has 0 aliphatic heterocycles. The Labute approximate surface area is 255 Å². The van der Waals surface area contributed by atoms with Crippen molar-refractivity contribution in [3.63, 3.8) is 0 Å². The normalized spacial score (nSPS) is 13.4. The molecule has 8 nitrogen and oxygen atoms in total. The standard InChI is InChI=1S/C32H28FN3O4S2.H3N/c1-2-40-31(37)27-19-41-32(34-27)36-28(17-20-11-12-20)25(15-21-13-14-29(42(38)39)26(33)16-21)30(35-36)24-10-6-9-23(18-24)22-7-4-3-5-8-22;/h3-10,13-14,16,18-20,42H,2,11-12,15,17H2,1H3;1H3. The lowest BCUT2D eigenvalue weighted by atomic mass is 9.95. The first-order valence-electron chi connectivity index (χ1n) is 13.7. The number of esters is 1. The van der Waals surface area contributed by atoms with E-state index in [1.807, 2.05) is 41.1 Å². The van der Waals surface area contributed by atoms with Crippen molar-refractivity contribution in [3.8, 4) is 27.5 Å². The number of thiol groups is 1. The summed E-state index contributed by atoms with van der Waals surface area (Å²) in [5.74, 6) is -0.763. The Kier molecular flexibility index (Phi) is 9.26. The summed E-state index contributed by atoms with van der Waals surface area (Å²) in [7, 11) is 0. The van der Waals surface area contributed by atoms with E-state index in [0.717, 1.165) is 52.9 Å². The van der Waals surface area contributed by atoms with Gasteiger partial charge in [0.2, 0.25) is 5.13 Å². The summed E-state index contributed by atoms with van der Waals surface area (Å²) in [5, 5.41) is 7.29. The molecule has 6 rings (SSSR count). The van der Waals surface area contributed by atoms with E-state index in [1.165, 1.54) is 23.5 Å². The highest BCUT2D eigenvalue weighted by Gasteiger charge is 2.29. The Balaban J connectivity index is 0.00000368. The second kappa shape index (κ2) is 13.1. The van der Waals surface area contributed by atoms with E-state index in [-0.39, 0.29) is 23.3 Å². The van der Waals surface area contributed by atoms with Crippen molar-refractivity contribution in [1.29, 1.82) is 0 Å². The Morgan fingerprint density at radius 2 is 1.81 bits per heavy atom. The minimum absolute atomic E-state index is 0. The van der Waals surface area contributed by atoms with Gasteiger partial charge in [0, 0.05) is 22.9 Å². The van der Waals surface area contributed by atoms with Crippen LogP contribution in [0.4, 0.5) is 4.39 Å². The minimum Gasteiger partial charge on any atom is -0.612 e. The van der Waals surface area contributed by atoms with Crippen LogP contribution in [-0.4, -0.2) is 31.9 Å². The van der Waals surface area contributed by atoms with Gasteiger partial charge in [0.05, 0.1) is 29.1 Å². The third kappa shape index (κ3) is 6.65. The number of aromatic nitrogens is 3. The SMILES string of the molecule is CCOC(=O)c1csc(-n2nc(-c3cccc(-c4ccccc4)c3)c(Cc3ccc([SH+](=O)[O-])c(F)c3)c2CC2CC2)n1.N. The van der Waals surface area contributed by atoms with E-state index < -0.39 is 22.9 Å². The predicted molar refractivity (Wildman–Crippen MR) is 165 cm³/mol. The number of thiazole rings is 1. The Morgan fingerprint density at radius 1 is 1.07 bits per heavy atom. The summed E-state index contributed by atoms with van der Waals surface area (Å²) in [4.78, 5) is 16.6. The molecule has 11 heteroatoms. The molecule has 0 amide bonds. The second-order valence-electron chi connectivity index (χ2n) is 10.2. The highest BCUT2D eigenvalue weighted by atomic mass is 32.2. The van der Waals surface area contributed by atoms with E-state index in [4.69, 9.17) is 9.84 Å². The van der Waals surface area contributed by atoms with Gasteiger partial charge in [-0.05, 0) is 67.0 Å².